The Kier molecular flexibility index (Phi) is 4.53. The minimum absolute atomic E-state index is 0.0962. The molecule has 0 aromatic heterocycles. The van der Waals surface area contributed by atoms with Crippen molar-refractivity contribution in [3.05, 3.63) is 96.2 Å². The van der Waals surface area contributed by atoms with Crippen LogP contribution >= 0.6 is 0 Å². The van der Waals surface area contributed by atoms with E-state index in [9.17, 15) is 9.00 Å². The van der Waals surface area contributed by atoms with Crippen molar-refractivity contribution in [3.63, 3.8) is 0 Å². The molecule has 0 saturated heterocycles. The highest BCUT2D eigenvalue weighted by molar-refractivity contribution is 7.88. The molecule has 3 heteroatoms. The molecule has 1 fully saturated rings. The van der Waals surface area contributed by atoms with Gasteiger partial charge >= 0.3 is 0 Å². The molecule has 2 aromatic carbocycles. The summed E-state index contributed by atoms with van der Waals surface area (Å²) in [5.41, 5.74) is 1.72. The zero-order chi connectivity index (χ0) is 15.5. The van der Waals surface area contributed by atoms with Gasteiger partial charge in [0.25, 0.3) is 0 Å². The lowest BCUT2D eigenvalue weighted by molar-refractivity contribution is 0.101. The van der Waals surface area contributed by atoms with Crippen LogP contribution in [0.1, 0.15) is 15.9 Å². The molecular weight excluding hydrogens is 292 g/mol. The zero-order valence-electron chi connectivity index (χ0n) is 12.2. The highest BCUT2D eigenvalue weighted by atomic mass is 32.2. The number of carbonyl (C=O) groups is 1. The van der Waals surface area contributed by atoms with E-state index >= 15 is 0 Å². The third kappa shape index (κ3) is 3.05. The van der Waals surface area contributed by atoms with Crippen LogP contribution in [0.15, 0.2) is 59.5 Å². The molecular formula is C19H15O2S. The first-order valence-corrected chi connectivity index (χ1v) is 8.15. The fourth-order valence-corrected chi connectivity index (χ4v) is 3.49. The van der Waals surface area contributed by atoms with Crippen molar-refractivity contribution in [2.75, 3.05) is 0 Å². The van der Waals surface area contributed by atoms with Crippen LogP contribution in [-0.4, -0.2) is 9.99 Å². The first-order chi connectivity index (χ1) is 10.7. The van der Waals surface area contributed by atoms with Crippen molar-refractivity contribution < 1.29 is 9.00 Å². The molecule has 3 rings (SSSR count). The second-order valence-electron chi connectivity index (χ2n) is 5.08. The van der Waals surface area contributed by atoms with Crippen molar-refractivity contribution >= 4 is 16.6 Å². The van der Waals surface area contributed by atoms with Gasteiger partial charge in [-0.15, -0.1) is 0 Å². The number of benzene rings is 2. The van der Waals surface area contributed by atoms with Crippen LogP contribution in [0.3, 0.4) is 0 Å². The molecule has 2 aromatic rings. The van der Waals surface area contributed by atoms with E-state index in [-0.39, 0.29) is 5.78 Å². The topological polar surface area (TPSA) is 34.1 Å². The molecule has 0 bridgehead atoms. The van der Waals surface area contributed by atoms with Gasteiger partial charge in [0.05, 0.1) is 22.0 Å². The number of hydrogen-bond donors (Lipinski definition) is 0. The Morgan fingerprint density at radius 1 is 0.909 bits per heavy atom. The lowest BCUT2D eigenvalue weighted by atomic mass is 9.96. The Hall–Kier alpha value is -1.74. The second-order valence-corrected chi connectivity index (χ2v) is 6.53. The van der Waals surface area contributed by atoms with Crippen LogP contribution in [0, 0.1) is 37.4 Å². The standard InChI is InChI=1S/C19H15O2S/c1-14-10-12-16(13-11-14)22(21)18-9-5-8-17(18)19(20)15-6-3-2-4-7-15/h2-13H,1H3/t22-/m0/s1. The van der Waals surface area contributed by atoms with Gasteiger partial charge in [-0.25, -0.2) is 0 Å². The van der Waals surface area contributed by atoms with E-state index in [4.69, 9.17) is 0 Å². The molecule has 1 saturated carbocycles. The summed E-state index contributed by atoms with van der Waals surface area (Å²) in [6, 6.07) is 16.6. The normalized spacial score (nSPS) is 17.5. The van der Waals surface area contributed by atoms with Gasteiger partial charge in [0, 0.05) is 10.5 Å². The van der Waals surface area contributed by atoms with Crippen molar-refractivity contribution in [1.29, 1.82) is 0 Å². The Labute approximate surface area is 134 Å². The molecule has 0 amide bonds. The highest BCUT2D eigenvalue weighted by Gasteiger charge is 2.39. The SMILES string of the molecule is Cc1ccc([S@](=O)[C]2[CH][CH][CH][C]2C(=O)c2ccccc2)cc1. The number of rotatable bonds is 4. The van der Waals surface area contributed by atoms with Crippen LogP contribution in [0.25, 0.3) is 0 Å². The van der Waals surface area contributed by atoms with Crippen molar-refractivity contribution in [2.24, 2.45) is 0 Å². The van der Waals surface area contributed by atoms with Crippen LogP contribution in [0.4, 0.5) is 0 Å². The molecule has 1 atom stereocenters. The highest BCUT2D eigenvalue weighted by Crippen LogP contribution is 2.40. The van der Waals surface area contributed by atoms with Crippen LogP contribution < -0.4 is 0 Å². The number of carbonyl (C=O) groups excluding carboxylic acids is 1. The van der Waals surface area contributed by atoms with Gasteiger partial charge in [-0.05, 0) is 38.3 Å². The molecule has 5 radical (unpaired) electrons. The predicted molar refractivity (Wildman–Crippen MR) is 87.7 cm³/mol. The average Bonchev–Trinajstić information content (AvgIpc) is 3.04. The van der Waals surface area contributed by atoms with Gasteiger partial charge in [0.1, 0.15) is 0 Å². The van der Waals surface area contributed by atoms with E-state index in [0.717, 1.165) is 5.56 Å². The Morgan fingerprint density at radius 3 is 2.27 bits per heavy atom. The summed E-state index contributed by atoms with van der Waals surface area (Å²) < 4.78 is 12.7. The van der Waals surface area contributed by atoms with Gasteiger partial charge in [-0.1, -0.05) is 48.0 Å². The van der Waals surface area contributed by atoms with Crippen LogP contribution in [-0.2, 0) is 10.8 Å². The lowest BCUT2D eigenvalue weighted by Crippen LogP contribution is -2.19. The van der Waals surface area contributed by atoms with E-state index in [1.165, 1.54) is 0 Å². The fourth-order valence-electron chi connectivity index (χ4n) is 2.29. The predicted octanol–water partition coefficient (Wildman–Crippen LogP) is 3.72. The Bertz CT molecular complexity index is 676. The Balaban J connectivity index is 1.82. The van der Waals surface area contributed by atoms with Gasteiger partial charge in [0.2, 0.25) is 0 Å². The molecule has 0 aliphatic heterocycles. The quantitative estimate of drug-likeness (QED) is 0.807. The monoisotopic (exact) mass is 307 g/mol. The van der Waals surface area contributed by atoms with Gasteiger partial charge in [-0.3, -0.25) is 9.00 Å². The maximum atomic E-state index is 12.7. The number of hydrogen-bond acceptors (Lipinski definition) is 2. The van der Waals surface area contributed by atoms with Gasteiger partial charge in [0.15, 0.2) is 5.78 Å². The summed E-state index contributed by atoms with van der Waals surface area (Å²) in [6.07, 6.45) is 5.26. The molecule has 22 heavy (non-hydrogen) atoms. The third-order valence-corrected chi connectivity index (χ3v) is 4.95. The third-order valence-electron chi connectivity index (χ3n) is 3.49. The summed E-state index contributed by atoms with van der Waals surface area (Å²) >= 11 is 0. The van der Waals surface area contributed by atoms with Crippen molar-refractivity contribution in [1.82, 2.24) is 0 Å². The largest absolute Gasteiger partial charge is 0.293 e. The molecule has 1 aliphatic rings. The molecule has 0 heterocycles. The van der Waals surface area contributed by atoms with Gasteiger partial charge < -0.3 is 0 Å². The van der Waals surface area contributed by atoms with Crippen LogP contribution in [0.2, 0.25) is 0 Å². The summed E-state index contributed by atoms with van der Waals surface area (Å²) in [6.45, 7) is 1.99. The summed E-state index contributed by atoms with van der Waals surface area (Å²) in [4.78, 5) is 13.3. The maximum Gasteiger partial charge on any atom is 0.171 e. The average molecular weight is 307 g/mol. The number of ketones is 1. The molecule has 0 spiro atoms. The van der Waals surface area contributed by atoms with E-state index in [0.29, 0.717) is 21.6 Å². The van der Waals surface area contributed by atoms with Crippen molar-refractivity contribution in [2.45, 2.75) is 11.8 Å². The second kappa shape index (κ2) is 6.57. The van der Waals surface area contributed by atoms with Crippen molar-refractivity contribution in [3.8, 4) is 0 Å². The summed E-state index contributed by atoms with van der Waals surface area (Å²) in [5, 5.41) is 0.567. The summed E-state index contributed by atoms with van der Waals surface area (Å²) in [7, 11) is -1.35. The minimum atomic E-state index is -1.35. The van der Waals surface area contributed by atoms with E-state index < -0.39 is 10.8 Å². The Morgan fingerprint density at radius 2 is 1.59 bits per heavy atom. The summed E-state index contributed by atoms with van der Waals surface area (Å²) in [5.74, 6) is 0.408. The molecule has 2 nitrogen and oxygen atoms in total. The van der Waals surface area contributed by atoms with E-state index in [1.54, 1.807) is 31.4 Å². The fraction of sp³-hybridized carbons (Fsp3) is 0.0526. The smallest absolute Gasteiger partial charge is 0.171 e. The minimum Gasteiger partial charge on any atom is -0.293 e. The maximum absolute atomic E-state index is 12.7. The van der Waals surface area contributed by atoms with Crippen LogP contribution in [0.5, 0.6) is 0 Å². The van der Waals surface area contributed by atoms with Gasteiger partial charge in [-0.2, -0.15) is 0 Å². The molecule has 109 valence electrons. The number of aryl methyl sites for hydroxylation is 1. The molecule has 1 aliphatic carbocycles. The molecule has 0 N–H and O–H groups in total. The first kappa shape index (κ1) is 15.2. The zero-order valence-corrected chi connectivity index (χ0v) is 13.0. The van der Waals surface area contributed by atoms with E-state index in [1.807, 2.05) is 49.4 Å². The van der Waals surface area contributed by atoms with E-state index in [2.05, 4.69) is 0 Å². The first-order valence-electron chi connectivity index (χ1n) is 7.01. The number of Topliss-reactive ketones (excluding diaryl/α,β-unsaturated/α-hetero) is 1. The molecule has 0 unspecified atom stereocenters. The lowest BCUT2D eigenvalue weighted by Gasteiger charge is -2.16.